The molecule has 0 bridgehead atoms. The van der Waals surface area contributed by atoms with Gasteiger partial charge in [0.1, 0.15) is 5.75 Å². The van der Waals surface area contributed by atoms with E-state index in [2.05, 4.69) is 36.6 Å². The van der Waals surface area contributed by atoms with Crippen LogP contribution in [0.15, 0.2) is 24.3 Å². The van der Waals surface area contributed by atoms with Crippen LogP contribution in [0.2, 0.25) is 0 Å². The fraction of sp³-hybridized carbons (Fsp3) is 0.600. The zero-order valence-electron chi connectivity index (χ0n) is 10.9. The molecule has 2 rings (SSSR count). The first kappa shape index (κ1) is 12.4. The molecular weight excluding hydrogens is 210 g/mol. The van der Waals surface area contributed by atoms with Crippen LogP contribution in [0.1, 0.15) is 31.2 Å². The predicted octanol–water partition coefficient (Wildman–Crippen LogP) is 3.02. The van der Waals surface area contributed by atoms with E-state index < -0.39 is 0 Å². The Bertz CT molecular complexity index is 333. The highest BCUT2D eigenvalue weighted by Gasteiger charge is 2.25. The third kappa shape index (κ3) is 3.22. The van der Waals surface area contributed by atoms with Crippen molar-refractivity contribution in [2.24, 2.45) is 5.92 Å². The maximum absolute atomic E-state index is 5.17. The highest BCUT2D eigenvalue weighted by Crippen LogP contribution is 2.29. The summed E-state index contributed by atoms with van der Waals surface area (Å²) >= 11 is 0. The van der Waals surface area contributed by atoms with Crippen molar-refractivity contribution in [2.45, 2.75) is 38.1 Å². The van der Waals surface area contributed by atoms with Gasteiger partial charge in [0.15, 0.2) is 0 Å². The molecule has 1 aliphatic rings. The van der Waals surface area contributed by atoms with Gasteiger partial charge < -0.3 is 10.1 Å². The average Bonchev–Trinajstić information content (AvgIpc) is 2.84. The number of hydrogen-bond donors (Lipinski definition) is 1. The van der Waals surface area contributed by atoms with Crippen molar-refractivity contribution in [1.29, 1.82) is 0 Å². The highest BCUT2D eigenvalue weighted by atomic mass is 16.5. The van der Waals surface area contributed by atoms with Gasteiger partial charge in [-0.3, -0.25) is 0 Å². The Labute approximate surface area is 104 Å². The van der Waals surface area contributed by atoms with E-state index in [0.717, 1.165) is 17.7 Å². The summed E-state index contributed by atoms with van der Waals surface area (Å²) in [5, 5.41) is 3.45. The van der Waals surface area contributed by atoms with E-state index in [0.29, 0.717) is 0 Å². The summed E-state index contributed by atoms with van der Waals surface area (Å²) in [5.41, 5.74) is 1.42. The largest absolute Gasteiger partial charge is 0.497 e. The van der Waals surface area contributed by atoms with Gasteiger partial charge in [-0.15, -0.1) is 0 Å². The van der Waals surface area contributed by atoms with E-state index in [4.69, 9.17) is 4.74 Å². The number of nitrogens with one attached hydrogen (secondary N) is 1. The van der Waals surface area contributed by atoms with Crippen LogP contribution in [0.5, 0.6) is 5.75 Å². The van der Waals surface area contributed by atoms with E-state index in [9.17, 15) is 0 Å². The minimum Gasteiger partial charge on any atom is -0.497 e. The Morgan fingerprint density at radius 2 is 2.00 bits per heavy atom. The van der Waals surface area contributed by atoms with Crippen molar-refractivity contribution in [1.82, 2.24) is 5.32 Å². The predicted molar refractivity (Wildman–Crippen MR) is 71.5 cm³/mol. The smallest absolute Gasteiger partial charge is 0.118 e. The van der Waals surface area contributed by atoms with Crippen molar-refractivity contribution < 1.29 is 4.74 Å². The van der Waals surface area contributed by atoms with Crippen LogP contribution in [0.4, 0.5) is 0 Å². The molecule has 1 aromatic carbocycles. The molecule has 1 saturated carbocycles. The fourth-order valence-corrected chi connectivity index (χ4v) is 2.91. The van der Waals surface area contributed by atoms with Gasteiger partial charge in [-0.25, -0.2) is 0 Å². The second-order valence-electron chi connectivity index (χ2n) is 4.97. The van der Waals surface area contributed by atoms with Crippen molar-refractivity contribution in [3.05, 3.63) is 29.8 Å². The van der Waals surface area contributed by atoms with E-state index in [1.807, 2.05) is 0 Å². The van der Waals surface area contributed by atoms with Gasteiger partial charge in [0.2, 0.25) is 0 Å². The molecule has 2 heteroatoms. The molecule has 2 atom stereocenters. The summed E-state index contributed by atoms with van der Waals surface area (Å²) in [7, 11) is 3.81. The minimum absolute atomic E-state index is 0.744. The van der Waals surface area contributed by atoms with Crippen LogP contribution in [-0.2, 0) is 6.42 Å². The monoisotopic (exact) mass is 233 g/mol. The Morgan fingerprint density at radius 1 is 1.24 bits per heavy atom. The van der Waals surface area contributed by atoms with Gasteiger partial charge in [-0.2, -0.15) is 0 Å². The van der Waals surface area contributed by atoms with E-state index in [-0.39, 0.29) is 0 Å². The van der Waals surface area contributed by atoms with Crippen LogP contribution in [0.25, 0.3) is 0 Å². The van der Waals surface area contributed by atoms with Crippen LogP contribution in [0.3, 0.4) is 0 Å². The zero-order valence-corrected chi connectivity index (χ0v) is 10.9. The molecule has 1 fully saturated rings. The molecule has 0 radical (unpaired) electrons. The number of rotatable bonds is 5. The quantitative estimate of drug-likeness (QED) is 0.844. The lowest BCUT2D eigenvalue weighted by molar-refractivity contribution is 0.400. The van der Waals surface area contributed by atoms with Crippen molar-refractivity contribution in [3.8, 4) is 5.75 Å². The topological polar surface area (TPSA) is 21.3 Å². The first-order chi connectivity index (χ1) is 8.33. The van der Waals surface area contributed by atoms with Gasteiger partial charge in [0, 0.05) is 6.04 Å². The molecule has 94 valence electrons. The Hall–Kier alpha value is -1.02. The molecule has 0 amide bonds. The average molecular weight is 233 g/mol. The van der Waals surface area contributed by atoms with Crippen LogP contribution >= 0.6 is 0 Å². The van der Waals surface area contributed by atoms with Crippen LogP contribution < -0.4 is 10.1 Å². The lowest BCUT2D eigenvalue weighted by Crippen LogP contribution is -2.29. The zero-order chi connectivity index (χ0) is 12.1. The molecule has 0 spiro atoms. The van der Waals surface area contributed by atoms with Gasteiger partial charge in [-0.1, -0.05) is 18.6 Å². The molecule has 2 nitrogen and oxygen atoms in total. The molecule has 17 heavy (non-hydrogen) atoms. The standard InChI is InChI=1S/C15H23NO/c1-16-15-5-3-4-13(15)9-6-12-7-10-14(17-2)11-8-12/h7-8,10-11,13,15-16H,3-6,9H2,1-2H3. The molecule has 1 aliphatic carbocycles. The third-order valence-corrected chi connectivity index (χ3v) is 3.99. The lowest BCUT2D eigenvalue weighted by atomic mass is 9.95. The first-order valence-corrected chi connectivity index (χ1v) is 6.63. The SMILES string of the molecule is CNC1CCCC1CCc1ccc(OC)cc1. The number of methoxy groups -OCH3 is 1. The second kappa shape index (κ2) is 6.06. The van der Waals surface area contributed by atoms with Crippen LogP contribution in [0, 0.1) is 5.92 Å². The number of benzene rings is 1. The number of ether oxygens (including phenoxy) is 1. The normalized spacial score (nSPS) is 23.9. The Morgan fingerprint density at radius 3 is 2.65 bits per heavy atom. The molecular formula is C15H23NO. The molecule has 1 N–H and O–H groups in total. The van der Waals surface area contributed by atoms with Crippen molar-refractivity contribution in [2.75, 3.05) is 14.2 Å². The van der Waals surface area contributed by atoms with E-state index in [1.165, 1.54) is 37.7 Å². The summed E-state index contributed by atoms with van der Waals surface area (Å²) in [6.07, 6.45) is 6.62. The van der Waals surface area contributed by atoms with Crippen molar-refractivity contribution in [3.63, 3.8) is 0 Å². The molecule has 0 aliphatic heterocycles. The summed E-state index contributed by atoms with van der Waals surface area (Å²) < 4.78 is 5.17. The van der Waals surface area contributed by atoms with E-state index in [1.54, 1.807) is 7.11 Å². The Balaban J connectivity index is 1.84. The second-order valence-corrected chi connectivity index (χ2v) is 4.97. The first-order valence-electron chi connectivity index (χ1n) is 6.63. The van der Waals surface area contributed by atoms with Gasteiger partial charge >= 0.3 is 0 Å². The highest BCUT2D eigenvalue weighted by molar-refractivity contribution is 5.27. The lowest BCUT2D eigenvalue weighted by Gasteiger charge is -2.18. The minimum atomic E-state index is 0.744. The number of aryl methyl sites for hydroxylation is 1. The Kier molecular flexibility index (Phi) is 4.43. The van der Waals surface area contributed by atoms with Crippen LogP contribution in [-0.4, -0.2) is 20.2 Å². The third-order valence-electron chi connectivity index (χ3n) is 3.99. The fourth-order valence-electron chi connectivity index (χ4n) is 2.91. The number of hydrogen-bond acceptors (Lipinski definition) is 2. The summed E-state index contributed by atoms with van der Waals surface area (Å²) in [6.45, 7) is 0. The molecule has 1 aromatic rings. The maximum atomic E-state index is 5.17. The molecule has 2 unspecified atom stereocenters. The summed E-state index contributed by atoms with van der Waals surface area (Å²) in [4.78, 5) is 0. The molecule has 0 aromatic heterocycles. The maximum Gasteiger partial charge on any atom is 0.118 e. The van der Waals surface area contributed by atoms with Crippen molar-refractivity contribution >= 4 is 0 Å². The van der Waals surface area contributed by atoms with Gasteiger partial charge in [-0.05, 0) is 56.3 Å². The van der Waals surface area contributed by atoms with Gasteiger partial charge in [0.05, 0.1) is 7.11 Å². The van der Waals surface area contributed by atoms with Gasteiger partial charge in [0.25, 0.3) is 0 Å². The summed E-state index contributed by atoms with van der Waals surface area (Å²) in [6, 6.07) is 9.22. The molecule has 0 saturated heterocycles. The van der Waals surface area contributed by atoms with E-state index >= 15 is 0 Å². The molecule has 0 heterocycles. The summed E-state index contributed by atoms with van der Waals surface area (Å²) in [5.74, 6) is 1.81.